The largest absolute Gasteiger partial charge is 0.507 e. The summed E-state index contributed by atoms with van der Waals surface area (Å²) in [6, 6.07) is 93.3. The van der Waals surface area contributed by atoms with E-state index in [0.717, 1.165) is 145 Å². The molecule has 0 fully saturated rings. The molecule has 16 aromatic rings. The molecule has 0 aliphatic carbocycles. The van der Waals surface area contributed by atoms with Crippen molar-refractivity contribution in [1.29, 1.82) is 0 Å². The van der Waals surface area contributed by atoms with E-state index in [0.29, 0.717) is 102 Å². The molecule has 19 heteroatoms. The molecule has 16 nitrogen and oxygen atoms in total. The predicted octanol–water partition coefficient (Wildman–Crippen LogP) is 33.3. The van der Waals surface area contributed by atoms with E-state index in [1.165, 1.54) is 77.9 Å². The fourth-order valence-electron chi connectivity index (χ4n) is 16.7. The summed E-state index contributed by atoms with van der Waals surface area (Å²) in [4.78, 5) is 0. The molecule has 0 saturated heterocycles. The predicted molar refractivity (Wildman–Crippen MR) is 624 cm³/mol. The highest BCUT2D eigenvalue weighted by Gasteiger charge is 2.16. The van der Waals surface area contributed by atoms with E-state index in [2.05, 4.69) is 245 Å². The maximum absolute atomic E-state index is 10.1. The number of anilines is 8. The maximum Gasteiger partial charge on any atom is 0.134 e. The van der Waals surface area contributed by atoms with Gasteiger partial charge < -0.3 is 83.4 Å². The fraction of sp³-hybridized carbons (Fsp3) is 0.244. The lowest BCUT2D eigenvalue weighted by Crippen LogP contribution is -2.02. The van der Waals surface area contributed by atoms with Crippen LogP contribution in [-0.2, 0) is 52.4 Å². The van der Waals surface area contributed by atoms with E-state index >= 15 is 0 Å². The van der Waals surface area contributed by atoms with Crippen LogP contribution in [0.2, 0.25) is 5.02 Å². The van der Waals surface area contributed by atoms with Crippen molar-refractivity contribution in [2.24, 2.45) is 0 Å². The first-order valence-corrected chi connectivity index (χ1v) is 51.1. The van der Waals surface area contributed by atoms with Crippen molar-refractivity contribution in [3.63, 3.8) is 0 Å². The number of nitrogens with one attached hydrogen (secondary N) is 8. The third-order valence-corrected chi connectivity index (χ3v) is 25.8. The average molecular weight is 2110 g/mol. The first-order chi connectivity index (χ1) is 69.3. The average Bonchev–Trinajstić information content (AvgIpc) is 0.846. The van der Waals surface area contributed by atoms with Crippen molar-refractivity contribution < 1.29 is 40.9 Å². The summed E-state index contributed by atoms with van der Waals surface area (Å²) < 4.78 is 1.63. The lowest BCUT2D eigenvalue weighted by molar-refractivity contribution is 0.464. The number of phenolic OH excluding ortho intramolecular Hbond substituents is 8. The minimum Gasteiger partial charge on any atom is -0.507 e. The SMILES string of the molecule is Cc1cc(C)c(O)c(CNc2ccccc2C)c1.Cc1ccc(NCc2cc(Br)cc(Br)c2O)cc1.Cc1ccc(NCc2cc(C)cc(C)c2O)c(C)c1.Cc1ccc(NCc2cc(C)cc(C)c2O)c(Cl)c1.Cc1ccc(NCc2cc(C)cc(C)c2O)cc1.Cc1ccc(NCc2cc(C)cc(C)c2O)cc1.Cc1cccc(NCc2cc(C)cc(C)c2O)c1.Cc1cccc(NCc2cc(C)cc(C)c2O)c1. The van der Waals surface area contributed by atoms with E-state index in [4.69, 9.17) is 11.6 Å². The third-order valence-electron chi connectivity index (χ3n) is 24.4. The Kier molecular flexibility index (Phi) is 44.3. The minimum atomic E-state index is 0.276. The van der Waals surface area contributed by atoms with Crippen molar-refractivity contribution in [1.82, 2.24) is 0 Å². The van der Waals surface area contributed by atoms with Gasteiger partial charge in [0.2, 0.25) is 0 Å². The summed E-state index contributed by atoms with van der Waals surface area (Å²) in [6.45, 7) is 51.3. The van der Waals surface area contributed by atoms with E-state index in [9.17, 15) is 40.9 Å². The van der Waals surface area contributed by atoms with Gasteiger partial charge in [0.05, 0.1) is 15.2 Å². The fourth-order valence-corrected chi connectivity index (χ4v) is 18.3. The van der Waals surface area contributed by atoms with Gasteiger partial charge in [-0.25, -0.2) is 0 Å². The molecule has 16 rings (SSSR count). The molecular formula is C127H147Br2ClN8O8. The number of aromatic hydroxyl groups is 8. The lowest BCUT2D eigenvalue weighted by atomic mass is 10.1. The Morgan fingerprint density at radius 1 is 0.178 bits per heavy atom. The number of para-hydroxylation sites is 1. The van der Waals surface area contributed by atoms with Crippen molar-refractivity contribution in [2.75, 3.05) is 42.5 Å². The standard InChI is InChI=1S/C17H21NO.C16H18ClNO.5C16H19NO.C14H13Br2NO/c1-11-5-6-16(13(3)7-11)18-10-15-9-12(2)8-14(4)17(15)19;1-10-4-5-15(14(17)8-10)18-9-13-7-11(2)6-12(3)16(13)19;2*1-11-4-6-15(7-5-11)17-10-14-9-12(2)8-13(3)16(14)18;2*1-11-5-4-6-15(9-11)17-10-14-8-12(2)7-13(3)16(14)18;1-11-8-13(3)16(18)14(9-11)10-17-15-7-5-4-6-12(15)2;1-9-2-4-12(5-3-9)17-8-10-6-11(15)7-13(16)14(10)18/h5-9,18-19H,10H2,1-4H3;4-8,18-19H,9H2,1-3H3;5*4-9,17-18H,10H2,1-3H3;2-7,17-18H,8H2,1H3. The third kappa shape index (κ3) is 37.0. The minimum absolute atomic E-state index is 0.276. The molecule has 0 aromatic heterocycles. The second-order valence-electron chi connectivity index (χ2n) is 38.3. The summed E-state index contributed by atoms with van der Waals surface area (Å²) in [5.41, 5.74) is 41.4. The molecule has 764 valence electrons. The summed E-state index contributed by atoms with van der Waals surface area (Å²) >= 11 is 12.9. The highest BCUT2D eigenvalue weighted by Crippen LogP contribution is 2.37. The molecule has 0 unspecified atom stereocenters. The van der Waals surface area contributed by atoms with Gasteiger partial charge in [0.1, 0.15) is 46.0 Å². The second kappa shape index (κ2) is 56.2. The van der Waals surface area contributed by atoms with Crippen molar-refractivity contribution in [3.8, 4) is 46.0 Å². The van der Waals surface area contributed by atoms with Crippen LogP contribution < -0.4 is 42.5 Å². The zero-order chi connectivity index (χ0) is 107. The Morgan fingerprint density at radius 3 is 0.692 bits per heavy atom. The van der Waals surface area contributed by atoms with Crippen LogP contribution >= 0.6 is 43.5 Å². The van der Waals surface area contributed by atoms with Gasteiger partial charge >= 0.3 is 0 Å². The molecule has 0 heterocycles. The topological polar surface area (TPSA) is 258 Å². The maximum atomic E-state index is 10.1. The zero-order valence-corrected chi connectivity index (χ0v) is 92.9. The molecule has 0 radical (unpaired) electrons. The van der Waals surface area contributed by atoms with E-state index in [1.54, 1.807) is 0 Å². The number of halogens is 3. The highest BCUT2D eigenvalue weighted by molar-refractivity contribution is 9.11. The monoisotopic (exact) mass is 2100 g/mol. The van der Waals surface area contributed by atoms with Crippen LogP contribution in [0.3, 0.4) is 0 Å². The molecule has 0 aliphatic heterocycles. The summed E-state index contributed by atoms with van der Waals surface area (Å²) in [5.74, 6) is 2.96. The second-order valence-corrected chi connectivity index (χ2v) is 40.5. The van der Waals surface area contributed by atoms with Crippen LogP contribution in [0.1, 0.15) is 172 Å². The van der Waals surface area contributed by atoms with Gasteiger partial charge in [0, 0.05) is 141 Å². The van der Waals surface area contributed by atoms with Crippen molar-refractivity contribution in [2.45, 2.75) is 212 Å². The molecule has 16 aromatic carbocycles. The Hall–Kier alpha value is -14.4. The van der Waals surface area contributed by atoms with Gasteiger partial charge in [-0.15, -0.1) is 0 Å². The Balaban J connectivity index is 0.000000186. The van der Waals surface area contributed by atoms with Crippen LogP contribution in [0.5, 0.6) is 46.0 Å². The first-order valence-electron chi connectivity index (χ1n) is 49.2. The van der Waals surface area contributed by atoms with Crippen LogP contribution in [0, 0.1) is 159 Å². The summed E-state index contributed by atoms with van der Waals surface area (Å²) in [7, 11) is 0. The first kappa shape index (κ1) is 115. The van der Waals surface area contributed by atoms with Crippen LogP contribution in [-0.4, -0.2) is 40.9 Å². The number of hydrogen-bond acceptors (Lipinski definition) is 16. The van der Waals surface area contributed by atoms with Crippen molar-refractivity contribution in [3.05, 3.63) is 465 Å². The Labute approximate surface area is 888 Å². The molecule has 146 heavy (non-hydrogen) atoms. The van der Waals surface area contributed by atoms with Crippen LogP contribution in [0.25, 0.3) is 0 Å². The van der Waals surface area contributed by atoms with E-state index < -0.39 is 0 Å². The van der Waals surface area contributed by atoms with Gasteiger partial charge in [0.15, 0.2) is 0 Å². The zero-order valence-electron chi connectivity index (χ0n) is 88.9. The summed E-state index contributed by atoms with van der Waals surface area (Å²) in [5, 5.41) is 107. The molecule has 0 aliphatic rings. The molecule has 0 bridgehead atoms. The number of aryl methyl sites for hydroxylation is 23. The normalized spacial score (nSPS) is 10.4. The Morgan fingerprint density at radius 2 is 0.411 bits per heavy atom. The quantitative estimate of drug-likeness (QED) is 0.0268. The molecule has 0 saturated carbocycles. The van der Waals surface area contributed by atoms with E-state index in [-0.39, 0.29) is 5.75 Å². The molecule has 0 amide bonds. The summed E-state index contributed by atoms with van der Waals surface area (Å²) in [6.07, 6.45) is 0. The van der Waals surface area contributed by atoms with Gasteiger partial charge in [-0.1, -0.05) is 271 Å². The highest BCUT2D eigenvalue weighted by atomic mass is 79.9. The van der Waals surface area contributed by atoms with Gasteiger partial charge in [-0.3, -0.25) is 0 Å². The number of phenols is 8. The Bertz CT molecular complexity index is 6590. The van der Waals surface area contributed by atoms with Gasteiger partial charge in [-0.2, -0.15) is 0 Å². The van der Waals surface area contributed by atoms with Gasteiger partial charge in [0.25, 0.3) is 0 Å². The molecule has 0 spiro atoms. The van der Waals surface area contributed by atoms with Crippen molar-refractivity contribution >= 4 is 89.0 Å². The smallest absolute Gasteiger partial charge is 0.134 e. The number of rotatable bonds is 24. The van der Waals surface area contributed by atoms with Crippen LogP contribution in [0.4, 0.5) is 45.5 Å². The lowest BCUT2D eigenvalue weighted by Gasteiger charge is -2.13. The molecule has 0 atom stereocenters. The number of benzene rings is 16. The molecular weight excluding hydrogens is 1960 g/mol. The van der Waals surface area contributed by atoms with Crippen LogP contribution in [0.15, 0.2) is 288 Å². The molecule has 16 N–H and O–H groups in total. The van der Waals surface area contributed by atoms with Gasteiger partial charge in [-0.05, 0) is 339 Å². The number of hydrogen-bond donors (Lipinski definition) is 16. The van der Waals surface area contributed by atoms with E-state index in [1.807, 2.05) is 268 Å².